The van der Waals surface area contributed by atoms with E-state index < -0.39 is 11.7 Å². The average Bonchev–Trinajstić information content (AvgIpc) is 1.86. The van der Waals surface area contributed by atoms with Gasteiger partial charge in [0.2, 0.25) is 0 Å². The van der Waals surface area contributed by atoms with E-state index in [1.807, 2.05) is 0 Å². The Kier molecular flexibility index (Phi) is 3.57. The van der Waals surface area contributed by atoms with Crippen LogP contribution in [0.5, 0.6) is 0 Å². The number of alkyl halides is 3. The molecule has 0 aromatic heterocycles. The summed E-state index contributed by atoms with van der Waals surface area (Å²) in [6.07, 6.45) is -4.27. The first kappa shape index (κ1) is 11.3. The summed E-state index contributed by atoms with van der Waals surface area (Å²) >= 11 is 0. The maximum absolute atomic E-state index is 11.9. The van der Waals surface area contributed by atoms with E-state index in [0.29, 0.717) is 5.69 Å². The van der Waals surface area contributed by atoms with Crippen molar-refractivity contribution in [2.75, 3.05) is 5.73 Å². The lowest BCUT2D eigenvalue weighted by atomic mass is 10.2. The summed E-state index contributed by atoms with van der Waals surface area (Å²) in [5, 5.41) is 0. The molecule has 0 radical (unpaired) electrons. The van der Waals surface area contributed by atoms with Gasteiger partial charge in [-0.1, -0.05) is 0 Å². The summed E-state index contributed by atoms with van der Waals surface area (Å²) in [5.74, 6) is 0. The van der Waals surface area contributed by atoms with Crippen LogP contribution in [0.2, 0.25) is 0 Å². The Morgan fingerprint density at radius 1 is 1.00 bits per heavy atom. The lowest BCUT2D eigenvalue weighted by Crippen LogP contribution is -2.04. The van der Waals surface area contributed by atoms with Crippen LogP contribution in [0.1, 0.15) is 5.56 Å². The zero-order chi connectivity index (χ0) is 8.48. The second-order valence-corrected chi connectivity index (χ2v) is 2.12. The first-order valence-electron chi connectivity index (χ1n) is 2.93. The van der Waals surface area contributed by atoms with Gasteiger partial charge in [-0.05, 0) is 24.3 Å². The van der Waals surface area contributed by atoms with Crippen molar-refractivity contribution in [2.24, 2.45) is 0 Å². The molecule has 0 aliphatic heterocycles. The average molecular weight is 242 g/mol. The fourth-order valence-electron chi connectivity index (χ4n) is 0.672. The minimum Gasteiger partial charge on any atom is -0.399 e. The molecule has 1 aromatic carbocycles. The van der Waals surface area contributed by atoms with Crippen molar-refractivity contribution >= 4 is 22.7 Å². The van der Waals surface area contributed by atoms with Crippen molar-refractivity contribution in [1.29, 1.82) is 0 Å². The van der Waals surface area contributed by atoms with Gasteiger partial charge >= 0.3 is 6.18 Å². The third-order valence-corrected chi connectivity index (χ3v) is 1.24. The summed E-state index contributed by atoms with van der Waals surface area (Å²) in [5.41, 5.74) is 4.86. The molecule has 5 heteroatoms. The standard InChI is InChI=1S/C7H6F3N.BrH/c8-7(9,10)5-1-3-6(11)4-2-5;/h1-4H,11H2;1H. The van der Waals surface area contributed by atoms with E-state index in [9.17, 15) is 13.2 Å². The van der Waals surface area contributed by atoms with E-state index in [2.05, 4.69) is 0 Å². The van der Waals surface area contributed by atoms with Gasteiger partial charge in [0.1, 0.15) is 0 Å². The number of anilines is 1. The van der Waals surface area contributed by atoms with Crippen LogP contribution in [-0.2, 0) is 6.18 Å². The topological polar surface area (TPSA) is 26.0 Å². The zero-order valence-electron chi connectivity index (χ0n) is 5.93. The van der Waals surface area contributed by atoms with Gasteiger partial charge in [0.05, 0.1) is 5.56 Å². The Morgan fingerprint density at radius 3 is 1.75 bits per heavy atom. The molecule has 1 rings (SSSR count). The van der Waals surface area contributed by atoms with Crippen LogP contribution >= 0.6 is 17.0 Å². The number of benzene rings is 1. The van der Waals surface area contributed by atoms with Crippen LogP contribution in [0.3, 0.4) is 0 Å². The van der Waals surface area contributed by atoms with Gasteiger partial charge in [-0.15, -0.1) is 17.0 Å². The first-order chi connectivity index (χ1) is 5.00. The Hall–Kier alpha value is -0.710. The number of nitrogen functional groups attached to an aromatic ring is 1. The highest BCUT2D eigenvalue weighted by Crippen LogP contribution is 2.29. The SMILES string of the molecule is Br.Nc1ccc(C(F)(F)F)cc1. The summed E-state index contributed by atoms with van der Waals surface area (Å²) < 4.78 is 35.6. The molecule has 0 heterocycles. The normalized spacial score (nSPS) is 10.6. The van der Waals surface area contributed by atoms with Crippen molar-refractivity contribution in [2.45, 2.75) is 6.18 Å². The van der Waals surface area contributed by atoms with E-state index in [1.54, 1.807) is 0 Å². The Bertz CT molecular complexity index is 242. The minimum atomic E-state index is -4.27. The van der Waals surface area contributed by atoms with Gasteiger partial charge < -0.3 is 5.73 Å². The molecule has 0 spiro atoms. The van der Waals surface area contributed by atoms with E-state index in [-0.39, 0.29) is 17.0 Å². The van der Waals surface area contributed by atoms with Crippen molar-refractivity contribution in [1.82, 2.24) is 0 Å². The fraction of sp³-hybridized carbons (Fsp3) is 0.143. The molecule has 0 unspecified atom stereocenters. The predicted octanol–water partition coefficient (Wildman–Crippen LogP) is 2.87. The predicted molar refractivity (Wildman–Crippen MR) is 46.2 cm³/mol. The largest absolute Gasteiger partial charge is 0.416 e. The molecule has 0 amide bonds. The number of rotatable bonds is 0. The van der Waals surface area contributed by atoms with Gasteiger partial charge in [0.25, 0.3) is 0 Å². The third kappa shape index (κ3) is 2.73. The van der Waals surface area contributed by atoms with E-state index in [1.165, 1.54) is 12.1 Å². The first-order valence-corrected chi connectivity index (χ1v) is 2.93. The van der Waals surface area contributed by atoms with Crippen LogP contribution in [0.15, 0.2) is 24.3 Å². The summed E-state index contributed by atoms with van der Waals surface area (Å²) in [6, 6.07) is 4.36. The molecular weight excluding hydrogens is 235 g/mol. The van der Waals surface area contributed by atoms with Crippen LogP contribution in [0.4, 0.5) is 18.9 Å². The van der Waals surface area contributed by atoms with Gasteiger partial charge in [0.15, 0.2) is 0 Å². The lowest BCUT2D eigenvalue weighted by molar-refractivity contribution is -0.137. The molecule has 68 valence electrons. The lowest BCUT2D eigenvalue weighted by Gasteiger charge is -2.05. The van der Waals surface area contributed by atoms with Crippen LogP contribution < -0.4 is 5.73 Å². The van der Waals surface area contributed by atoms with Crippen molar-refractivity contribution in [3.8, 4) is 0 Å². The molecule has 0 aliphatic rings. The van der Waals surface area contributed by atoms with Crippen LogP contribution in [0, 0.1) is 0 Å². The number of halogens is 4. The highest BCUT2D eigenvalue weighted by molar-refractivity contribution is 8.93. The van der Waals surface area contributed by atoms with Gasteiger partial charge in [-0.2, -0.15) is 13.2 Å². The molecule has 1 aromatic rings. The Balaban J connectivity index is 0.00000121. The summed E-state index contributed by atoms with van der Waals surface area (Å²) in [7, 11) is 0. The minimum absolute atomic E-state index is 0. The molecule has 0 saturated carbocycles. The van der Waals surface area contributed by atoms with Crippen molar-refractivity contribution < 1.29 is 13.2 Å². The molecule has 0 aliphatic carbocycles. The van der Waals surface area contributed by atoms with E-state index in [0.717, 1.165) is 12.1 Å². The number of hydrogen-bond donors (Lipinski definition) is 1. The van der Waals surface area contributed by atoms with E-state index in [4.69, 9.17) is 5.73 Å². The monoisotopic (exact) mass is 241 g/mol. The molecule has 12 heavy (non-hydrogen) atoms. The molecule has 0 bridgehead atoms. The summed E-state index contributed by atoms with van der Waals surface area (Å²) in [4.78, 5) is 0. The van der Waals surface area contributed by atoms with Crippen molar-refractivity contribution in [3.63, 3.8) is 0 Å². The highest BCUT2D eigenvalue weighted by Gasteiger charge is 2.29. The molecule has 2 N–H and O–H groups in total. The van der Waals surface area contributed by atoms with E-state index >= 15 is 0 Å². The molecule has 0 fully saturated rings. The number of nitrogens with two attached hydrogens (primary N) is 1. The van der Waals surface area contributed by atoms with Gasteiger partial charge in [-0.25, -0.2) is 0 Å². The summed E-state index contributed by atoms with van der Waals surface area (Å²) in [6.45, 7) is 0. The van der Waals surface area contributed by atoms with Crippen molar-refractivity contribution in [3.05, 3.63) is 29.8 Å². The highest BCUT2D eigenvalue weighted by atomic mass is 79.9. The number of hydrogen-bond acceptors (Lipinski definition) is 1. The quantitative estimate of drug-likeness (QED) is 0.695. The Morgan fingerprint density at radius 2 is 1.42 bits per heavy atom. The second-order valence-electron chi connectivity index (χ2n) is 2.12. The molecule has 1 nitrogen and oxygen atoms in total. The zero-order valence-corrected chi connectivity index (χ0v) is 7.64. The van der Waals surface area contributed by atoms with Gasteiger partial charge in [-0.3, -0.25) is 0 Å². The second kappa shape index (κ2) is 3.80. The molecular formula is C7H7BrF3N. The van der Waals surface area contributed by atoms with Gasteiger partial charge in [0, 0.05) is 5.69 Å². The Labute approximate surface area is 78.1 Å². The third-order valence-electron chi connectivity index (χ3n) is 1.24. The maximum Gasteiger partial charge on any atom is 0.416 e. The van der Waals surface area contributed by atoms with Crippen LogP contribution in [0.25, 0.3) is 0 Å². The van der Waals surface area contributed by atoms with Crippen LogP contribution in [-0.4, -0.2) is 0 Å². The molecule has 0 atom stereocenters. The fourth-order valence-corrected chi connectivity index (χ4v) is 0.672. The smallest absolute Gasteiger partial charge is 0.399 e. The molecule has 0 saturated heterocycles. The maximum atomic E-state index is 11.9.